The number of carbonyl (C=O) groups is 2. The summed E-state index contributed by atoms with van der Waals surface area (Å²) in [5.74, 6) is 2.26. The van der Waals surface area contributed by atoms with Crippen LogP contribution in [-0.4, -0.2) is 66.4 Å². The number of fused-ring (bicyclic) bond motifs is 2. The van der Waals surface area contributed by atoms with E-state index in [0.717, 1.165) is 51.4 Å². The van der Waals surface area contributed by atoms with Crippen molar-refractivity contribution in [3.8, 4) is 0 Å². The molecule has 0 aromatic carbocycles. The summed E-state index contributed by atoms with van der Waals surface area (Å²) in [6.07, 6.45) is 8.26. The van der Waals surface area contributed by atoms with Gasteiger partial charge in [-0.25, -0.2) is 0 Å². The molecule has 4 fully saturated rings. The highest BCUT2D eigenvalue weighted by Gasteiger charge is 2.50. The summed E-state index contributed by atoms with van der Waals surface area (Å²) < 4.78 is 0. The lowest BCUT2D eigenvalue weighted by molar-refractivity contribution is -0.139. The van der Waals surface area contributed by atoms with Gasteiger partial charge in [-0.2, -0.15) is 0 Å². The molecule has 168 valence electrons. The highest BCUT2D eigenvalue weighted by Crippen LogP contribution is 2.48. The quantitative estimate of drug-likeness (QED) is 0.689. The zero-order chi connectivity index (χ0) is 19.0. The van der Waals surface area contributed by atoms with Crippen molar-refractivity contribution in [2.75, 3.05) is 32.7 Å². The van der Waals surface area contributed by atoms with Gasteiger partial charge in [0.25, 0.3) is 0 Å². The zero-order valence-corrected chi connectivity index (χ0v) is 19.2. The number of amides is 2. The Balaban J connectivity index is 0.00000150. The summed E-state index contributed by atoms with van der Waals surface area (Å²) >= 11 is 0. The monoisotopic (exact) mass is 448 g/mol. The topological polar surface area (TPSA) is 78.7 Å². The molecular weight excluding hydrogens is 411 g/mol. The Hall–Kier alpha value is -0.560. The van der Waals surface area contributed by atoms with Crippen molar-refractivity contribution in [3.63, 3.8) is 0 Å². The number of nitrogens with one attached hydrogen (secondary N) is 1. The molecule has 4 rings (SSSR count). The molecule has 6 nitrogen and oxygen atoms in total. The SMILES string of the molecule is CC1CCCC(NC(=O)CN2CCN(C(=O)C3C4CCC(C4)C3N)CC2)C1.Cl.Cl. The van der Waals surface area contributed by atoms with Crippen molar-refractivity contribution in [1.82, 2.24) is 15.1 Å². The van der Waals surface area contributed by atoms with E-state index in [2.05, 4.69) is 17.1 Å². The van der Waals surface area contributed by atoms with Crippen molar-refractivity contribution in [1.29, 1.82) is 0 Å². The molecule has 0 aromatic rings. The summed E-state index contributed by atoms with van der Waals surface area (Å²) in [7, 11) is 0. The van der Waals surface area contributed by atoms with Gasteiger partial charge in [-0.15, -0.1) is 24.8 Å². The summed E-state index contributed by atoms with van der Waals surface area (Å²) in [6, 6.07) is 0.418. The van der Waals surface area contributed by atoms with Gasteiger partial charge in [0.05, 0.1) is 12.5 Å². The van der Waals surface area contributed by atoms with Crippen molar-refractivity contribution < 1.29 is 9.59 Å². The number of rotatable bonds is 4. The molecule has 1 saturated heterocycles. The van der Waals surface area contributed by atoms with Crippen LogP contribution in [0.25, 0.3) is 0 Å². The number of piperazine rings is 1. The van der Waals surface area contributed by atoms with Crippen LogP contribution in [0.4, 0.5) is 0 Å². The lowest BCUT2D eigenvalue weighted by Crippen LogP contribution is -2.55. The second-order valence-electron chi connectivity index (χ2n) is 9.57. The first-order chi connectivity index (χ1) is 13.0. The summed E-state index contributed by atoms with van der Waals surface area (Å²) in [5.41, 5.74) is 6.35. The summed E-state index contributed by atoms with van der Waals surface area (Å²) in [5, 5.41) is 3.22. The highest BCUT2D eigenvalue weighted by molar-refractivity contribution is 5.85. The third-order valence-corrected chi connectivity index (χ3v) is 7.62. The number of hydrogen-bond acceptors (Lipinski definition) is 4. The fourth-order valence-corrected chi connectivity index (χ4v) is 6.08. The van der Waals surface area contributed by atoms with Crippen molar-refractivity contribution in [2.45, 2.75) is 64.0 Å². The summed E-state index contributed by atoms with van der Waals surface area (Å²) in [4.78, 5) is 29.6. The van der Waals surface area contributed by atoms with Crippen molar-refractivity contribution in [2.24, 2.45) is 29.4 Å². The van der Waals surface area contributed by atoms with E-state index in [1.807, 2.05) is 4.90 Å². The van der Waals surface area contributed by atoms with Crippen LogP contribution in [0.5, 0.6) is 0 Å². The van der Waals surface area contributed by atoms with Gasteiger partial charge in [-0.05, 0) is 49.9 Å². The van der Waals surface area contributed by atoms with E-state index in [0.29, 0.717) is 24.4 Å². The largest absolute Gasteiger partial charge is 0.352 e. The Morgan fingerprint density at radius 2 is 1.66 bits per heavy atom. The van der Waals surface area contributed by atoms with E-state index in [1.54, 1.807) is 0 Å². The lowest BCUT2D eigenvalue weighted by Gasteiger charge is -2.38. The van der Waals surface area contributed by atoms with E-state index in [4.69, 9.17) is 5.73 Å². The number of carbonyl (C=O) groups excluding carboxylic acids is 2. The molecule has 3 aliphatic carbocycles. The second-order valence-corrected chi connectivity index (χ2v) is 9.57. The minimum Gasteiger partial charge on any atom is -0.352 e. The van der Waals surface area contributed by atoms with Crippen LogP contribution in [0.1, 0.15) is 51.9 Å². The van der Waals surface area contributed by atoms with Gasteiger partial charge in [-0.1, -0.05) is 19.8 Å². The van der Waals surface area contributed by atoms with Crippen LogP contribution >= 0.6 is 24.8 Å². The number of hydrogen-bond donors (Lipinski definition) is 2. The number of nitrogens with two attached hydrogens (primary N) is 1. The average molecular weight is 449 g/mol. The minimum absolute atomic E-state index is 0. The van der Waals surface area contributed by atoms with E-state index in [-0.39, 0.29) is 48.6 Å². The molecule has 1 heterocycles. The predicted octanol–water partition coefficient (Wildman–Crippen LogP) is 2.04. The average Bonchev–Trinajstić information content (AvgIpc) is 3.23. The van der Waals surface area contributed by atoms with E-state index in [9.17, 15) is 9.59 Å². The molecule has 29 heavy (non-hydrogen) atoms. The summed E-state index contributed by atoms with van der Waals surface area (Å²) in [6.45, 7) is 5.77. The maximum Gasteiger partial charge on any atom is 0.234 e. The fraction of sp³-hybridized carbons (Fsp3) is 0.905. The highest BCUT2D eigenvalue weighted by atomic mass is 35.5. The van der Waals surface area contributed by atoms with E-state index >= 15 is 0 Å². The number of nitrogens with zero attached hydrogens (tertiary/aromatic N) is 2. The Bertz CT molecular complexity index is 569. The second kappa shape index (κ2) is 10.7. The lowest BCUT2D eigenvalue weighted by atomic mass is 9.84. The molecule has 2 amide bonds. The molecule has 0 spiro atoms. The molecule has 6 atom stereocenters. The van der Waals surface area contributed by atoms with Crippen molar-refractivity contribution in [3.05, 3.63) is 0 Å². The smallest absolute Gasteiger partial charge is 0.234 e. The molecule has 8 heteroatoms. The van der Waals surface area contributed by atoms with Gasteiger partial charge in [0.1, 0.15) is 0 Å². The molecule has 6 unspecified atom stereocenters. The fourth-order valence-electron chi connectivity index (χ4n) is 6.08. The van der Waals surface area contributed by atoms with Crippen LogP contribution in [0.2, 0.25) is 0 Å². The molecule has 2 bridgehead atoms. The first-order valence-electron chi connectivity index (χ1n) is 11.1. The van der Waals surface area contributed by atoms with Crippen LogP contribution in [0.15, 0.2) is 0 Å². The molecule has 0 radical (unpaired) electrons. The van der Waals surface area contributed by atoms with Gasteiger partial charge in [0.2, 0.25) is 11.8 Å². The van der Waals surface area contributed by atoms with Gasteiger partial charge in [0, 0.05) is 38.3 Å². The predicted molar refractivity (Wildman–Crippen MR) is 119 cm³/mol. The van der Waals surface area contributed by atoms with Gasteiger partial charge in [0.15, 0.2) is 0 Å². The third-order valence-electron chi connectivity index (χ3n) is 7.62. The van der Waals surface area contributed by atoms with E-state index in [1.165, 1.54) is 25.7 Å². The van der Waals surface area contributed by atoms with Crippen LogP contribution in [-0.2, 0) is 9.59 Å². The Morgan fingerprint density at radius 1 is 0.966 bits per heavy atom. The van der Waals surface area contributed by atoms with Crippen LogP contribution in [0, 0.1) is 23.7 Å². The first-order valence-corrected chi connectivity index (χ1v) is 11.1. The normalized spacial score (nSPS) is 36.8. The first kappa shape index (κ1) is 24.7. The Labute approximate surface area is 187 Å². The molecule has 0 aromatic heterocycles. The van der Waals surface area contributed by atoms with Gasteiger partial charge < -0.3 is 16.0 Å². The molecule has 4 aliphatic rings. The van der Waals surface area contributed by atoms with Gasteiger partial charge >= 0.3 is 0 Å². The standard InChI is InChI=1S/C21H36N4O2.2ClH/c1-14-3-2-4-17(11-14)23-18(26)13-24-7-9-25(10-8-24)21(27)19-15-5-6-16(12-15)20(19)22;;/h14-17,19-20H,2-13,22H2,1H3,(H,23,26);2*1H. The third kappa shape index (κ3) is 5.57. The molecular formula is C21H38Cl2N4O2. The Morgan fingerprint density at radius 3 is 2.28 bits per heavy atom. The maximum atomic E-state index is 13.0. The van der Waals surface area contributed by atoms with E-state index < -0.39 is 0 Å². The maximum absolute atomic E-state index is 13.0. The molecule has 1 aliphatic heterocycles. The molecule has 3 N–H and O–H groups in total. The number of halogens is 2. The Kier molecular flexibility index (Phi) is 9.07. The van der Waals surface area contributed by atoms with Crippen LogP contribution < -0.4 is 11.1 Å². The van der Waals surface area contributed by atoms with Crippen molar-refractivity contribution >= 4 is 36.6 Å². The van der Waals surface area contributed by atoms with Gasteiger partial charge in [-0.3, -0.25) is 14.5 Å². The molecule has 3 saturated carbocycles. The zero-order valence-electron chi connectivity index (χ0n) is 17.6. The van der Waals surface area contributed by atoms with Crippen LogP contribution in [0.3, 0.4) is 0 Å². The minimum atomic E-state index is 0.